The molecule has 94 valence electrons. The van der Waals surface area contributed by atoms with Gasteiger partial charge in [-0.25, -0.2) is 0 Å². The molecule has 3 nitrogen and oxygen atoms in total. The molecule has 0 amide bonds. The second-order valence-electron chi connectivity index (χ2n) is 4.63. The Kier molecular flexibility index (Phi) is 4.70. The fourth-order valence-corrected chi connectivity index (χ4v) is 1.92. The first kappa shape index (κ1) is 13.7. The molecule has 1 aromatic carbocycles. The van der Waals surface area contributed by atoms with Gasteiger partial charge < -0.3 is 10.8 Å². The van der Waals surface area contributed by atoms with Crippen LogP contribution in [0, 0.1) is 20.8 Å². The number of carboxylic acid groups (broad SMARTS) is 1. The van der Waals surface area contributed by atoms with Crippen LogP contribution in [0.25, 0.3) is 0 Å². The van der Waals surface area contributed by atoms with Crippen molar-refractivity contribution in [3.8, 4) is 0 Å². The molecule has 0 saturated heterocycles. The fraction of sp³-hybridized carbons (Fsp3) is 0.500. The zero-order chi connectivity index (χ0) is 13.0. The Morgan fingerprint density at radius 1 is 1.29 bits per heavy atom. The van der Waals surface area contributed by atoms with Gasteiger partial charge in [-0.3, -0.25) is 4.79 Å². The minimum Gasteiger partial charge on any atom is -0.480 e. The van der Waals surface area contributed by atoms with Gasteiger partial charge in [0, 0.05) is 0 Å². The average molecular weight is 235 g/mol. The Morgan fingerprint density at radius 2 is 1.94 bits per heavy atom. The van der Waals surface area contributed by atoms with Gasteiger partial charge in [0.25, 0.3) is 0 Å². The van der Waals surface area contributed by atoms with E-state index in [1.54, 1.807) is 0 Å². The van der Waals surface area contributed by atoms with Gasteiger partial charge in [0.1, 0.15) is 6.04 Å². The van der Waals surface area contributed by atoms with E-state index in [0.717, 1.165) is 12.8 Å². The van der Waals surface area contributed by atoms with Gasteiger partial charge in [-0.15, -0.1) is 0 Å². The highest BCUT2D eigenvalue weighted by molar-refractivity contribution is 5.72. The quantitative estimate of drug-likeness (QED) is 0.823. The molecule has 3 N–H and O–H groups in total. The van der Waals surface area contributed by atoms with Gasteiger partial charge >= 0.3 is 5.97 Å². The Labute approximate surface area is 103 Å². The first-order chi connectivity index (χ1) is 7.93. The van der Waals surface area contributed by atoms with E-state index in [4.69, 9.17) is 10.8 Å². The zero-order valence-electron chi connectivity index (χ0n) is 10.8. The molecule has 0 heterocycles. The molecular formula is C14H21NO2. The third kappa shape index (κ3) is 3.56. The van der Waals surface area contributed by atoms with E-state index in [9.17, 15) is 4.79 Å². The minimum atomic E-state index is -0.915. The van der Waals surface area contributed by atoms with E-state index >= 15 is 0 Å². The topological polar surface area (TPSA) is 63.3 Å². The van der Waals surface area contributed by atoms with Crippen LogP contribution in [-0.4, -0.2) is 17.1 Å². The van der Waals surface area contributed by atoms with Crippen molar-refractivity contribution in [1.82, 2.24) is 0 Å². The maximum atomic E-state index is 10.6. The van der Waals surface area contributed by atoms with Crippen LogP contribution < -0.4 is 5.73 Å². The molecule has 0 aliphatic carbocycles. The molecule has 0 fully saturated rings. The molecule has 1 unspecified atom stereocenters. The number of carbonyl (C=O) groups is 1. The largest absolute Gasteiger partial charge is 0.480 e. The molecule has 0 spiro atoms. The average Bonchev–Trinajstić information content (AvgIpc) is 2.28. The molecule has 0 aliphatic heterocycles. The molecular weight excluding hydrogens is 214 g/mol. The summed E-state index contributed by atoms with van der Waals surface area (Å²) in [7, 11) is 0. The van der Waals surface area contributed by atoms with E-state index in [1.165, 1.54) is 22.3 Å². The van der Waals surface area contributed by atoms with Crippen molar-refractivity contribution in [2.75, 3.05) is 0 Å². The van der Waals surface area contributed by atoms with Gasteiger partial charge in [0.15, 0.2) is 0 Å². The number of benzene rings is 1. The summed E-state index contributed by atoms with van der Waals surface area (Å²) in [6.45, 7) is 6.35. The van der Waals surface area contributed by atoms with Crippen LogP contribution in [0.5, 0.6) is 0 Å². The third-order valence-corrected chi connectivity index (χ3v) is 3.45. The summed E-state index contributed by atoms with van der Waals surface area (Å²) in [5.41, 5.74) is 10.7. The van der Waals surface area contributed by atoms with Gasteiger partial charge in [0.2, 0.25) is 0 Å². The summed E-state index contributed by atoms with van der Waals surface area (Å²) in [5, 5.41) is 8.69. The summed E-state index contributed by atoms with van der Waals surface area (Å²) in [6.07, 6.45) is 2.24. The molecule has 3 heteroatoms. The van der Waals surface area contributed by atoms with Crippen molar-refractivity contribution in [1.29, 1.82) is 0 Å². The lowest BCUT2D eigenvalue weighted by Gasteiger charge is -2.12. The highest BCUT2D eigenvalue weighted by Gasteiger charge is 2.11. The lowest BCUT2D eigenvalue weighted by molar-refractivity contribution is -0.138. The van der Waals surface area contributed by atoms with Crippen LogP contribution in [0.3, 0.4) is 0 Å². The molecule has 1 rings (SSSR count). The fourth-order valence-electron chi connectivity index (χ4n) is 1.92. The van der Waals surface area contributed by atoms with E-state index in [0.29, 0.717) is 6.42 Å². The lowest BCUT2D eigenvalue weighted by atomic mass is 9.95. The van der Waals surface area contributed by atoms with E-state index in [1.807, 2.05) is 0 Å². The Morgan fingerprint density at radius 3 is 2.53 bits per heavy atom. The Balaban J connectivity index is 2.59. The summed E-state index contributed by atoms with van der Waals surface area (Å²) in [4.78, 5) is 10.6. The van der Waals surface area contributed by atoms with E-state index < -0.39 is 12.0 Å². The smallest absolute Gasteiger partial charge is 0.320 e. The van der Waals surface area contributed by atoms with Crippen molar-refractivity contribution < 1.29 is 9.90 Å². The monoisotopic (exact) mass is 235 g/mol. The standard InChI is InChI=1S/C14H21NO2/c1-9-7-8-12(11(3)10(9)2)5-4-6-13(15)14(16)17/h7-8,13H,4-6,15H2,1-3H3,(H,16,17). The molecule has 0 saturated carbocycles. The van der Waals surface area contributed by atoms with Gasteiger partial charge in [-0.2, -0.15) is 0 Å². The highest BCUT2D eigenvalue weighted by Crippen LogP contribution is 2.19. The summed E-state index contributed by atoms with van der Waals surface area (Å²) in [6, 6.07) is 3.51. The van der Waals surface area contributed by atoms with Crippen LogP contribution in [-0.2, 0) is 11.2 Å². The second-order valence-corrected chi connectivity index (χ2v) is 4.63. The number of hydrogen-bond donors (Lipinski definition) is 2. The first-order valence-electron chi connectivity index (χ1n) is 5.97. The number of aryl methyl sites for hydroxylation is 2. The summed E-state index contributed by atoms with van der Waals surface area (Å²) >= 11 is 0. The molecule has 0 aliphatic rings. The molecule has 0 radical (unpaired) electrons. The maximum absolute atomic E-state index is 10.6. The molecule has 0 aromatic heterocycles. The number of hydrogen-bond acceptors (Lipinski definition) is 2. The van der Waals surface area contributed by atoms with E-state index in [-0.39, 0.29) is 0 Å². The van der Waals surface area contributed by atoms with Crippen molar-refractivity contribution in [3.63, 3.8) is 0 Å². The Bertz CT molecular complexity index is 413. The second kappa shape index (κ2) is 5.82. The van der Waals surface area contributed by atoms with Crippen LogP contribution in [0.4, 0.5) is 0 Å². The normalized spacial score (nSPS) is 12.5. The Hall–Kier alpha value is -1.35. The van der Waals surface area contributed by atoms with Crippen LogP contribution >= 0.6 is 0 Å². The molecule has 0 bridgehead atoms. The first-order valence-corrected chi connectivity index (χ1v) is 5.97. The number of aliphatic carboxylic acids is 1. The highest BCUT2D eigenvalue weighted by atomic mass is 16.4. The molecule has 1 aromatic rings. The number of carboxylic acids is 1. The minimum absolute atomic E-state index is 0.529. The lowest BCUT2D eigenvalue weighted by Crippen LogP contribution is -2.29. The zero-order valence-corrected chi connectivity index (χ0v) is 10.8. The van der Waals surface area contributed by atoms with Crippen molar-refractivity contribution >= 4 is 5.97 Å². The van der Waals surface area contributed by atoms with Crippen molar-refractivity contribution in [2.24, 2.45) is 5.73 Å². The van der Waals surface area contributed by atoms with Crippen molar-refractivity contribution in [2.45, 2.75) is 46.1 Å². The van der Waals surface area contributed by atoms with Gasteiger partial charge in [-0.05, 0) is 62.3 Å². The third-order valence-electron chi connectivity index (χ3n) is 3.45. The van der Waals surface area contributed by atoms with Crippen molar-refractivity contribution in [3.05, 3.63) is 34.4 Å². The van der Waals surface area contributed by atoms with Gasteiger partial charge in [-0.1, -0.05) is 12.1 Å². The number of nitrogens with two attached hydrogens (primary N) is 1. The maximum Gasteiger partial charge on any atom is 0.320 e. The molecule has 1 atom stereocenters. The molecule has 17 heavy (non-hydrogen) atoms. The summed E-state index contributed by atoms with van der Waals surface area (Å²) < 4.78 is 0. The van der Waals surface area contributed by atoms with Crippen LogP contribution in [0.15, 0.2) is 12.1 Å². The predicted octanol–water partition coefficient (Wildman–Crippen LogP) is 2.35. The number of rotatable bonds is 5. The summed E-state index contributed by atoms with van der Waals surface area (Å²) in [5.74, 6) is -0.915. The SMILES string of the molecule is Cc1ccc(CCCC(N)C(=O)O)c(C)c1C. The van der Waals surface area contributed by atoms with Crippen LogP contribution in [0.1, 0.15) is 35.1 Å². The van der Waals surface area contributed by atoms with Crippen LogP contribution in [0.2, 0.25) is 0 Å². The van der Waals surface area contributed by atoms with Gasteiger partial charge in [0.05, 0.1) is 0 Å². The van der Waals surface area contributed by atoms with E-state index in [2.05, 4.69) is 32.9 Å². The predicted molar refractivity (Wildman–Crippen MR) is 69.2 cm³/mol.